The molecule has 4 rings (SSSR count). The Balaban J connectivity index is 0.00000342. The van der Waals surface area contributed by atoms with E-state index in [1.54, 1.807) is 41.5 Å². The Kier molecular flexibility index (Phi) is 6.07. The number of alkyl halides is 6. The van der Waals surface area contributed by atoms with E-state index in [4.69, 9.17) is 8.83 Å². The Labute approximate surface area is 198 Å². The van der Waals surface area contributed by atoms with Crippen LogP contribution in [0, 0.1) is 0 Å². The molecule has 35 heavy (non-hydrogen) atoms. The Morgan fingerprint density at radius 2 is 0.886 bits per heavy atom. The van der Waals surface area contributed by atoms with Crippen LogP contribution in [-0.2, 0) is 23.2 Å². The van der Waals surface area contributed by atoms with Gasteiger partial charge in [0.2, 0.25) is 11.8 Å². The molecular formula is C25H26F6N2O2. The molecule has 0 N–H and O–H groups in total. The summed E-state index contributed by atoms with van der Waals surface area (Å²) in [5, 5.41) is 0. The number of nitrogens with zero attached hydrogens (tertiary/aromatic N) is 2. The second-order valence-corrected chi connectivity index (χ2v) is 10.3. The van der Waals surface area contributed by atoms with Crippen molar-refractivity contribution in [2.75, 3.05) is 0 Å². The van der Waals surface area contributed by atoms with Crippen LogP contribution >= 0.6 is 0 Å². The molecule has 0 unspecified atom stereocenters. The monoisotopic (exact) mass is 500 g/mol. The number of benzene rings is 2. The molecule has 0 spiro atoms. The average molecular weight is 500 g/mol. The first-order valence-electron chi connectivity index (χ1n) is 10.4. The van der Waals surface area contributed by atoms with Gasteiger partial charge in [-0.25, -0.2) is 9.97 Å². The van der Waals surface area contributed by atoms with Crippen molar-refractivity contribution >= 4 is 22.2 Å². The first-order chi connectivity index (χ1) is 15.4. The van der Waals surface area contributed by atoms with Crippen molar-refractivity contribution in [1.82, 2.24) is 9.97 Å². The van der Waals surface area contributed by atoms with E-state index in [0.29, 0.717) is 12.1 Å². The number of hydrogen-bond acceptors (Lipinski definition) is 4. The molecule has 4 aromatic rings. The maximum absolute atomic E-state index is 14.0. The van der Waals surface area contributed by atoms with Gasteiger partial charge < -0.3 is 8.83 Å². The zero-order valence-electron chi connectivity index (χ0n) is 19.3. The van der Waals surface area contributed by atoms with Crippen molar-refractivity contribution in [2.45, 2.75) is 72.2 Å². The van der Waals surface area contributed by atoms with Crippen LogP contribution in [0.3, 0.4) is 0 Å². The van der Waals surface area contributed by atoms with Gasteiger partial charge in [-0.2, -0.15) is 26.3 Å². The SMILES string of the molecule is C.CC(C)(C)c1nc2cc(C(F)(F)F)c(-c3cc4oc(C(C)(C)C)nc4cc3C(F)(F)F)cc2o1. The summed E-state index contributed by atoms with van der Waals surface area (Å²) in [4.78, 5) is 8.25. The summed E-state index contributed by atoms with van der Waals surface area (Å²) in [6.45, 7) is 10.6. The molecule has 4 nitrogen and oxygen atoms in total. The maximum Gasteiger partial charge on any atom is 0.417 e. The van der Waals surface area contributed by atoms with E-state index in [-0.39, 0.29) is 41.4 Å². The van der Waals surface area contributed by atoms with Gasteiger partial charge in [0.15, 0.2) is 11.2 Å². The lowest BCUT2D eigenvalue weighted by atomic mass is 9.93. The van der Waals surface area contributed by atoms with Crippen molar-refractivity contribution in [3.05, 3.63) is 47.2 Å². The number of hydrogen-bond donors (Lipinski definition) is 0. The fourth-order valence-corrected chi connectivity index (χ4v) is 3.50. The molecule has 0 aliphatic rings. The third-order valence-corrected chi connectivity index (χ3v) is 5.24. The Morgan fingerprint density at radius 1 is 0.571 bits per heavy atom. The molecule has 10 heteroatoms. The third-order valence-electron chi connectivity index (χ3n) is 5.24. The zero-order chi connectivity index (χ0) is 25.4. The zero-order valence-corrected chi connectivity index (χ0v) is 19.3. The van der Waals surface area contributed by atoms with E-state index in [1.807, 2.05) is 0 Å². The van der Waals surface area contributed by atoms with Gasteiger partial charge in [0, 0.05) is 10.8 Å². The van der Waals surface area contributed by atoms with E-state index in [9.17, 15) is 26.3 Å². The van der Waals surface area contributed by atoms with Crippen molar-refractivity contribution in [2.24, 2.45) is 0 Å². The van der Waals surface area contributed by atoms with Crippen LogP contribution in [0.5, 0.6) is 0 Å². The predicted octanol–water partition coefficient (Wildman–Crippen LogP) is 8.90. The Bertz CT molecular complexity index is 1290. The molecule has 0 aliphatic heterocycles. The van der Waals surface area contributed by atoms with Crippen LogP contribution in [0.1, 0.15) is 71.9 Å². The molecule has 0 saturated carbocycles. The standard InChI is InChI=1S/C24H22F6N2O2.CH4/c1-21(2,3)19-31-15-9-13(23(25,26)27)11(7-17(15)33-19)12-8-18-16(10-14(12)24(28,29)30)32-20(34-18)22(4,5)6;/h7-10H,1-6H3;1H4. The first kappa shape index (κ1) is 26.6. The molecule has 190 valence electrons. The summed E-state index contributed by atoms with van der Waals surface area (Å²) in [7, 11) is 0. The van der Waals surface area contributed by atoms with E-state index >= 15 is 0 Å². The van der Waals surface area contributed by atoms with Gasteiger partial charge in [-0.05, 0) is 35.4 Å². The smallest absolute Gasteiger partial charge is 0.417 e. The lowest BCUT2D eigenvalue weighted by Gasteiger charge is -2.17. The minimum absolute atomic E-state index is 0. The highest BCUT2D eigenvalue weighted by atomic mass is 19.4. The van der Waals surface area contributed by atoms with Gasteiger partial charge in [-0.1, -0.05) is 49.0 Å². The van der Waals surface area contributed by atoms with Crippen molar-refractivity contribution < 1.29 is 35.2 Å². The predicted molar refractivity (Wildman–Crippen MR) is 121 cm³/mol. The van der Waals surface area contributed by atoms with Gasteiger partial charge in [-0.15, -0.1) is 0 Å². The minimum atomic E-state index is -4.94. The van der Waals surface area contributed by atoms with E-state index in [0.717, 1.165) is 12.1 Å². The van der Waals surface area contributed by atoms with Crippen LogP contribution in [0.15, 0.2) is 33.1 Å². The van der Waals surface area contributed by atoms with Gasteiger partial charge in [0.1, 0.15) is 11.0 Å². The van der Waals surface area contributed by atoms with Crippen LogP contribution in [-0.4, -0.2) is 9.97 Å². The van der Waals surface area contributed by atoms with Crippen LogP contribution in [0.25, 0.3) is 33.3 Å². The number of halogens is 6. The van der Waals surface area contributed by atoms with Gasteiger partial charge in [0.05, 0.1) is 11.1 Å². The molecule has 2 aromatic heterocycles. The number of aromatic nitrogens is 2. The fourth-order valence-electron chi connectivity index (χ4n) is 3.50. The number of fused-ring (bicyclic) bond motifs is 2. The molecule has 2 heterocycles. The summed E-state index contributed by atoms with van der Waals surface area (Å²) >= 11 is 0. The second-order valence-electron chi connectivity index (χ2n) is 10.3. The Morgan fingerprint density at radius 3 is 1.14 bits per heavy atom. The van der Waals surface area contributed by atoms with Crippen molar-refractivity contribution in [3.63, 3.8) is 0 Å². The molecular weight excluding hydrogens is 474 g/mol. The molecule has 0 amide bonds. The van der Waals surface area contributed by atoms with E-state index < -0.39 is 45.4 Å². The van der Waals surface area contributed by atoms with Gasteiger partial charge in [-0.3, -0.25) is 0 Å². The number of rotatable bonds is 1. The first-order valence-corrected chi connectivity index (χ1v) is 10.4. The molecule has 0 atom stereocenters. The summed E-state index contributed by atoms with van der Waals surface area (Å²) < 4.78 is 95.4. The molecule has 2 aromatic carbocycles. The van der Waals surface area contributed by atoms with Gasteiger partial charge in [0.25, 0.3) is 0 Å². The largest absolute Gasteiger partial charge is 0.440 e. The number of oxazole rings is 2. The minimum Gasteiger partial charge on any atom is -0.440 e. The molecule has 0 fully saturated rings. The summed E-state index contributed by atoms with van der Waals surface area (Å²) in [5.41, 5.74) is -5.38. The molecule has 0 radical (unpaired) electrons. The topological polar surface area (TPSA) is 52.1 Å². The fraction of sp³-hybridized carbons (Fsp3) is 0.440. The summed E-state index contributed by atoms with van der Waals surface area (Å²) in [6, 6.07) is 3.35. The van der Waals surface area contributed by atoms with Crippen LogP contribution in [0.2, 0.25) is 0 Å². The van der Waals surface area contributed by atoms with Crippen molar-refractivity contribution in [3.8, 4) is 11.1 Å². The van der Waals surface area contributed by atoms with E-state index in [2.05, 4.69) is 9.97 Å². The molecule has 0 bridgehead atoms. The lowest BCUT2D eigenvalue weighted by molar-refractivity contribution is -0.139. The lowest BCUT2D eigenvalue weighted by Crippen LogP contribution is -2.12. The maximum atomic E-state index is 14.0. The van der Waals surface area contributed by atoms with Crippen molar-refractivity contribution in [1.29, 1.82) is 0 Å². The van der Waals surface area contributed by atoms with E-state index in [1.165, 1.54) is 0 Å². The van der Waals surface area contributed by atoms with Gasteiger partial charge >= 0.3 is 12.4 Å². The Hall–Kier alpha value is -3.04. The normalized spacial score (nSPS) is 13.5. The molecule has 0 saturated heterocycles. The summed E-state index contributed by atoms with van der Waals surface area (Å²) in [5.74, 6) is 0.341. The van der Waals surface area contributed by atoms with Crippen LogP contribution < -0.4 is 0 Å². The third kappa shape index (κ3) is 4.88. The highest BCUT2D eigenvalue weighted by Gasteiger charge is 2.40. The van der Waals surface area contributed by atoms with Crippen LogP contribution in [0.4, 0.5) is 26.3 Å². The second kappa shape index (κ2) is 7.99. The highest BCUT2D eigenvalue weighted by Crippen LogP contribution is 2.46. The average Bonchev–Trinajstić information content (AvgIpc) is 3.27. The molecule has 0 aliphatic carbocycles. The summed E-state index contributed by atoms with van der Waals surface area (Å²) in [6.07, 6.45) is -9.89. The highest BCUT2D eigenvalue weighted by molar-refractivity contribution is 5.89. The quantitative estimate of drug-likeness (QED) is 0.245.